The molecule has 3 nitrogen and oxygen atoms in total. The largest absolute Gasteiger partial charge is 0.468 e. The molecule has 0 saturated heterocycles. The molecule has 1 atom stereocenters. The highest BCUT2D eigenvalue weighted by Gasteiger charge is 2.27. The van der Waals surface area contributed by atoms with Crippen LogP contribution in [0.25, 0.3) is 0 Å². The lowest BCUT2D eigenvalue weighted by atomic mass is 10.1. The Morgan fingerprint density at radius 1 is 1.00 bits per heavy atom. The molecule has 0 radical (unpaired) electrons. The van der Waals surface area contributed by atoms with Gasteiger partial charge >= 0.3 is 5.97 Å². The van der Waals surface area contributed by atoms with Crippen LogP contribution in [0.3, 0.4) is 0 Å². The van der Waals surface area contributed by atoms with Crippen LogP contribution in [0.15, 0.2) is 60.7 Å². The topological polar surface area (TPSA) is 29.5 Å². The van der Waals surface area contributed by atoms with Crippen molar-refractivity contribution >= 4 is 5.97 Å². The minimum Gasteiger partial charge on any atom is -0.468 e. The van der Waals surface area contributed by atoms with Crippen molar-refractivity contribution in [2.75, 3.05) is 13.8 Å². The number of halogens is 1. The van der Waals surface area contributed by atoms with E-state index in [4.69, 9.17) is 4.74 Å². The Hall–Kier alpha value is -2.20. The van der Waals surface area contributed by atoms with Crippen LogP contribution in [0.2, 0.25) is 0 Å². The molecule has 0 aromatic heterocycles. The van der Waals surface area contributed by atoms with Crippen LogP contribution in [0.1, 0.15) is 11.1 Å². The lowest BCUT2D eigenvalue weighted by Gasteiger charge is -2.28. The molecule has 116 valence electrons. The molecule has 4 heteroatoms. The SMILES string of the molecule is COC(=O)[C@@H](CF)N(Cc1ccccc1)Cc1ccccc1. The van der Waals surface area contributed by atoms with Gasteiger partial charge in [0.25, 0.3) is 0 Å². The van der Waals surface area contributed by atoms with Gasteiger partial charge in [0.2, 0.25) is 0 Å². The van der Waals surface area contributed by atoms with Gasteiger partial charge in [-0.15, -0.1) is 0 Å². The summed E-state index contributed by atoms with van der Waals surface area (Å²) in [4.78, 5) is 13.7. The lowest BCUT2D eigenvalue weighted by Crippen LogP contribution is -2.42. The van der Waals surface area contributed by atoms with Crippen molar-refractivity contribution in [2.24, 2.45) is 0 Å². The van der Waals surface area contributed by atoms with Gasteiger partial charge in [-0.2, -0.15) is 0 Å². The molecule has 0 fully saturated rings. The number of nitrogens with zero attached hydrogens (tertiary/aromatic N) is 1. The molecule has 2 aromatic carbocycles. The number of hydrogen-bond acceptors (Lipinski definition) is 3. The quantitative estimate of drug-likeness (QED) is 0.736. The Morgan fingerprint density at radius 2 is 1.45 bits per heavy atom. The Balaban J connectivity index is 2.21. The Kier molecular flexibility index (Phi) is 6.10. The molecular weight excluding hydrogens is 281 g/mol. The summed E-state index contributed by atoms with van der Waals surface area (Å²) < 4.78 is 18.1. The van der Waals surface area contributed by atoms with E-state index in [0.717, 1.165) is 11.1 Å². The van der Waals surface area contributed by atoms with Gasteiger partial charge in [-0.1, -0.05) is 60.7 Å². The first-order valence-corrected chi connectivity index (χ1v) is 7.20. The zero-order valence-electron chi connectivity index (χ0n) is 12.6. The summed E-state index contributed by atoms with van der Waals surface area (Å²) in [5.74, 6) is -0.547. The first-order chi connectivity index (χ1) is 10.7. The van der Waals surface area contributed by atoms with Crippen molar-refractivity contribution in [2.45, 2.75) is 19.1 Å². The van der Waals surface area contributed by atoms with Crippen LogP contribution in [0.4, 0.5) is 4.39 Å². The van der Waals surface area contributed by atoms with Crippen molar-refractivity contribution in [1.29, 1.82) is 0 Å². The minimum atomic E-state index is -0.898. The number of carbonyl (C=O) groups is 1. The third kappa shape index (κ3) is 4.40. The maximum atomic E-state index is 13.4. The van der Waals surface area contributed by atoms with E-state index in [9.17, 15) is 9.18 Å². The second kappa shape index (κ2) is 8.29. The van der Waals surface area contributed by atoms with Crippen LogP contribution < -0.4 is 0 Å². The average molecular weight is 301 g/mol. The molecule has 0 bridgehead atoms. The number of rotatable bonds is 7. The first-order valence-electron chi connectivity index (χ1n) is 7.20. The highest BCUT2D eigenvalue weighted by atomic mass is 19.1. The molecule has 2 aromatic rings. The van der Waals surface area contributed by atoms with E-state index in [1.165, 1.54) is 7.11 Å². The van der Waals surface area contributed by atoms with Gasteiger partial charge < -0.3 is 4.74 Å². The minimum absolute atomic E-state index is 0.486. The molecule has 0 heterocycles. The van der Waals surface area contributed by atoms with E-state index in [1.807, 2.05) is 60.7 Å². The van der Waals surface area contributed by atoms with Gasteiger partial charge in [-0.3, -0.25) is 9.69 Å². The van der Waals surface area contributed by atoms with E-state index >= 15 is 0 Å². The van der Waals surface area contributed by atoms with E-state index in [1.54, 1.807) is 4.90 Å². The van der Waals surface area contributed by atoms with Crippen LogP contribution in [-0.2, 0) is 22.6 Å². The number of hydrogen-bond donors (Lipinski definition) is 0. The van der Waals surface area contributed by atoms with Crippen molar-refractivity contribution in [3.63, 3.8) is 0 Å². The van der Waals surface area contributed by atoms with Gasteiger partial charge in [-0.25, -0.2) is 4.39 Å². The predicted molar refractivity (Wildman–Crippen MR) is 83.9 cm³/mol. The zero-order valence-corrected chi connectivity index (χ0v) is 12.6. The number of methoxy groups -OCH3 is 1. The summed E-state index contributed by atoms with van der Waals surface area (Å²) in [7, 11) is 1.29. The van der Waals surface area contributed by atoms with Crippen molar-refractivity contribution in [3.8, 4) is 0 Å². The predicted octanol–water partition coefficient (Wildman–Crippen LogP) is 3.20. The number of ether oxygens (including phenoxy) is 1. The summed E-state index contributed by atoms with van der Waals surface area (Å²) in [6, 6.07) is 18.5. The van der Waals surface area contributed by atoms with Gasteiger partial charge in [0, 0.05) is 13.1 Å². The molecule has 2 rings (SSSR count). The van der Waals surface area contributed by atoms with Gasteiger partial charge in [-0.05, 0) is 11.1 Å². The molecule has 0 aliphatic carbocycles. The lowest BCUT2D eigenvalue weighted by molar-refractivity contribution is -0.148. The Morgan fingerprint density at radius 3 is 1.82 bits per heavy atom. The van der Waals surface area contributed by atoms with Crippen LogP contribution in [0.5, 0.6) is 0 Å². The molecule has 0 spiro atoms. The molecule has 0 unspecified atom stereocenters. The van der Waals surface area contributed by atoms with Crippen LogP contribution >= 0.6 is 0 Å². The summed E-state index contributed by atoms with van der Waals surface area (Å²) in [6.45, 7) is 0.200. The third-order valence-electron chi connectivity index (χ3n) is 3.52. The number of carbonyl (C=O) groups excluding carboxylic acids is 1. The van der Waals surface area contributed by atoms with Gasteiger partial charge in [0.1, 0.15) is 12.7 Å². The smallest absolute Gasteiger partial charge is 0.325 e. The summed E-state index contributed by atoms with van der Waals surface area (Å²) in [5, 5.41) is 0. The van der Waals surface area contributed by atoms with Crippen molar-refractivity contribution in [1.82, 2.24) is 4.90 Å². The fraction of sp³-hybridized carbons (Fsp3) is 0.278. The Bertz CT molecular complexity index is 533. The second-order valence-electron chi connectivity index (χ2n) is 5.07. The molecule has 0 saturated carbocycles. The molecule has 0 aliphatic heterocycles. The summed E-state index contributed by atoms with van der Waals surface area (Å²) in [6.07, 6.45) is 0. The molecular formula is C18H20FNO2. The normalized spacial score (nSPS) is 12.1. The van der Waals surface area contributed by atoms with E-state index in [0.29, 0.717) is 13.1 Å². The highest BCUT2D eigenvalue weighted by molar-refractivity contribution is 5.75. The molecule has 0 N–H and O–H groups in total. The van der Waals surface area contributed by atoms with Crippen molar-refractivity contribution in [3.05, 3.63) is 71.8 Å². The molecule has 22 heavy (non-hydrogen) atoms. The third-order valence-corrected chi connectivity index (χ3v) is 3.52. The number of esters is 1. The zero-order chi connectivity index (χ0) is 15.8. The van der Waals surface area contributed by atoms with E-state index in [-0.39, 0.29) is 0 Å². The maximum absolute atomic E-state index is 13.4. The fourth-order valence-corrected chi connectivity index (χ4v) is 2.36. The summed E-state index contributed by atoms with van der Waals surface area (Å²) in [5.41, 5.74) is 2.06. The van der Waals surface area contributed by atoms with Gasteiger partial charge in [0.05, 0.1) is 7.11 Å². The van der Waals surface area contributed by atoms with E-state index in [2.05, 4.69) is 0 Å². The second-order valence-corrected chi connectivity index (χ2v) is 5.07. The van der Waals surface area contributed by atoms with E-state index < -0.39 is 18.7 Å². The fourth-order valence-electron chi connectivity index (χ4n) is 2.36. The van der Waals surface area contributed by atoms with Crippen LogP contribution in [0, 0.1) is 0 Å². The highest BCUT2D eigenvalue weighted by Crippen LogP contribution is 2.15. The van der Waals surface area contributed by atoms with Crippen LogP contribution in [-0.4, -0.2) is 30.7 Å². The first kappa shape index (κ1) is 16.2. The standard InChI is InChI=1S/C18H20FNO2/c1-22-18(21)17(12-19)20(13-15-8-4-2-5-9-15)14-16-10-6-3-7-11-16/h2-11,17H,12-14H2,1H3/t17-/m1/s1. The molecule has 0 amide bonds. The Labute approximate surface area is 130 Å². The average Bonchev–Trinajstić information content (AvgIpc) is 2.57. The number of alkyl halides is 1. The summed E-state index contributed by atoms with van der Waals surface area (Å²) >= 11 is 0. The van der Waals surface area contributed by atoms with Gasteiger partial charge in [0.15, 0.2) is 0 Å². The number of benzene rings is 2. The molecule has 0 aliphatic rings. The maximum Gasteiger partial charge on any atom is 0.325 e. The monoisotopic (exact) mass is 301 g/mol. The van der Waals surface area contributed by atoms with Crippen molar-refractivity contribution < 1.29 is 13.9 Å².